The maximum absolute atomic E-state index is 13.8. The normalized spacial score (nSPS) is 33.8. The second-order valence-corrected chi connectivity index (χ2v) is 9.29. The van der Waals surface area contributed by atoms with Crippen molar-refractivity contribution >= 4 is 52.3 Å². The predicted molar refractivity (Wildman–Crippen MR) is 112 cm³/mol. The molecule has 0 radical (unpaired) electrons. The first-order valence-electron chi connectivity index (χ1n) is 10.1. The van der Waals surface area contributed by atoms with Gasteiger partial charge in [-0.3, -0.25) is 14.4 Å². The predicted octanol–water partition coefficient (Wildman–Crippen LogP) is 2.01. The van der Waals surface area contributed by atoms with E-state index in [1.807, 2.05) is 24.3 Å². The number of hydrogen-bond donors (Lipinski definition) is 2. The molecule has 30 heavy (non-hydrogen) atoms. The molecule has 2 N–H and O–H groups in total. The van der Waals surface area contributed by atoms with Crippen LogP contribution < -0.4 is 15.1 Å². The molecule has 6 nitrogen and oxygen atoms in total. The van der Waals surface area contributed by atoms with E-state index in [0.29, 0.717) is 5.02 Å². The number of amides is 3. The minimum absolute atomic E-state index is 0.0775. The van der Waals surface area contributed by atoms with E-state index >= 15 is 0 Å². The quantitative estimate of drug-likeness (QED) is 0.663. The Morgan fingerprint density at radius 1 is 1.07 bits per heavy atom. The summed E-state index contributed by atoms with van der Waals surface area (Å²) in [5.41, 5.74) is 0.731. The molecule has 0 aromatic heterocycles. The maximum Gasteiger partial charge on any atom is 0.291 e. The zero-order valence-electron chi connectivity index (χ0n) is 15.8. The minimum Gasteiger partial charge on any atom is -0.320 e. The van der Waals surface area contributed by atoms with E-state index in [4.69, 9.17) is 23.2 Å². The molecule has 4 heterocycles. The van der Waals surface area contributed by atoms with Crippen molar-refractivity contribution in [3.8, 4) is 0 Å². The van der Waals surface area contributed by atoms with Crippen molar-refractivity contribution in [2.75, 3.05) is 16.8 Å². The Labute approximate surface area is 182 Å². The summed E-state index contributed by atoms with van der Waals surface area (Å²) < 4.78 is 0. The average Bonchev–Trinajstić information content (AvgIpc) is 3.42. The Morgan fingerprint density at radius 3 is 2.70 bits per heavy atom. The van der Waals surface area contributed by atoms with Crippen LogP contribution in [0, 0.1) is 11.8 Å². The summed E-state index contributed by atoms with van der Waals surface area (Å²) >= 11 is 12.5. The van der Waals surface area contributed by atoms with Gasteiger partial charge in [0.15, 0.2) is 0 Å². The highest BCUT2D eigenvalue weighted by Crippen LogP contribution is 2.52. The zero-order chi connectivity index (χ0) is 20.8. The SMILES string of the molecule is O=C1[C@H]2[C@@H](C(=O)N1c1cc(Cl)ccc1Cl)[C@@]1(C(=O)Nc3ccccc31)[NH+]1CCC[C@@H]21. The van der Waals surface area contributed by atoms with Crippen LogP contribution in [0.4, 0.5) is 11.4 Å². The third-order valence-corrected chi connectivity index (χ3v) is 7.83. The van der Waals surface area contributed by atoms with Crippen molar-refractivity contribution in [1.29, 1.82) is 0 Å². The molecule has 3 saturated heterocycles. The molecular weight excluding hydrogens is 425 g/mol. The van der Waals surface area contributed by atoms with Crippen LogP contribution in [-0.4, -0.2) is 30.3 Å². The average molecular weight is 443 g/mol. The van der Waals surface area contributed by atoms with Crippen molar-refractivity contribution in [2.24, 2.45) is 11.8 Å². The summed E-state index contributed by atoms with van der Waals surface area (Å²) in [6.45, 7) is 0.762. The molecule has 3 amide bonds. The Morgan fingerprint density at radius 2 is 1.87 bits per heavy atom. The highest BCUT2D eigenvalue weighted by molar-refractivity contribution is 6.38. The molecule has 4 aliphatic heterocycles. The van der Waals surface area contributed by atoms with Crippen LogP contribution in [0.3, 0.4) is 0 Å². The van der Waals surface area contributed by atoms with Crippen LogP contribution in [0.25, 0.3) is 0 Å². The van der Waals surface area contributed by atoms with E-state index in [0.717, 1.165) is 40.4 Å². The lowest BCUT2D eigenvalue weighted by atomic mass is 9.75. The van der Waals surface area contributed by atoms with Gasteiger partial charge in [0.2, 0.25) is 17.4 Å². The number of para-hydroxylation sites is 1. The smallest absolute Gasteiger partial charge is 0.291 e. The largest absolute Gasteiger partial charge is 0.320 e. The van der Waals surface area contributed by atoms with Gasteiger partial charge in [-0.05, 0) is 24.3 Å². The fourth-order valence-corrected chi connectivity index (χ4v) is 6.68. The van der Waals surface area contributed by atoms with E-state index in [1.54, 1.807) is 12.1 Å². The summed E-state index contributed by atoms with van der Waals surface area (Å²) in [6.07, 6.45) is 1.73. The molecule has 6 rings (SSSR count). The number of halogens is 2. The van der Waals surface area contributed by atoms with Crippen LogP contribution in [-0.2, 0) is 19.9 Å². The van der Waals surface area contributed by atoms with Crippen molar-refractivity contribution < 1.29 is 19.3 Å². The molecule has 8 heteroatoms. The molecule has 152 valence electrons. The number of carbonyl (C=O) groups excluding carboxylic acids is 3. The fourth-order valence-electron chi connectivity index (χ4n) is 6.31. The van der Waals surface area contributed by atoms with E-state index in [1.165, 1.54) is 6.07 Å². The lowest BCUT2D eigenvalue weighted by molar-refractivity contribution is -0.948. The fraction of sp³-hybridized carbons (Fsp3) is 0.318. The van der Waals surface area contributed by atoms with Gasteiger partial charge in [-0.25, -0.2) is 4.90 Å². The van der Waals surface area contributed by atoms with Crippen LogP contribution in [0.1, 0.15) is 18.4 Å². The molecule has 0 saturated carbocycles. The second kappa shape index (κ2) is 6.06. The number of hydrogen-bond acceptors (Lipinski definition) is 3. The molecule has 2 aromatic carbocycles. The Hall–Kier alpha value is -2.41. The lowest BCUT2D eigenvalue weighted by Crippen LogP contribution is -3.19. The van der Waals surface area contributed by atoms with Gasteiger partial charge in [-0.1, -0.05) is 41.4 Å². The van der Waals surface area contributed by atoms with Gasteiger partial charge >= 0.3 is 0 Å². The van der Waals surface area contributed by atoms with Gasteiger partial charge < -0.3 is 10.2 Å². The summed E-state index contributed by atoms with van der Waals surface area (Å²) in [5.74, 6) is -2.17. The van der Waals surface area contributed by atoms with Crippen LogP contribution >= 0.6 is 23.2 Å². The number of rotatable bonds is 1. The number of nitrogens with zero attached hydrogens (tertiary/aromatic N) is 1. The van der Waals surface area contributed by atoms with Gasteiger partial charge in [0.1, 0.15) is 17.9 Å². The second-order valence-electron chi connectivity index (χ2n) is 8.44. The van der Waals surface area contributed by atoms with Crippen LogP contribution in [0.15, 0.2) is 42.5 Å². The molecule has 4 aliphatic rings. The summed E-state index contributed by atoms with van der Waals surface area (Å²) in [5, 5.41) is 3.64. The molecule has 3 fully saturated rings. The molecule has 0 aliphatic carbocycles. The van der Waals surface area contributed by atoms with Crippen molar-refractivity contribution in [2.45, 2.75) is 24.4 Å². The van der Waals surface area contributed by atoms with E-state index in [2.05, 4.69) is 5.32 Å². The van der Waals surface area contributed by atoms with Gasteiger partial charge in [-0.15, -0.1) is 0 Å². The topological polar surface area (TPSA) is 70.9 Å². The summed E-state index contributed by atoms with van der Waals surface area (Å²) in [7, 11) is 0. The Bertz CT molecular complexity index is 1150. The monoisotopic (exact) mass is 442 g/mol. The molecular formula is C22H18Cl2N3O3+. The van der Waals surface area contributed by atoms with Gasteiger partial charge in [-0.2, -0.15) is 0 Å². The van der Waals surface area contributed by atoms with Gasteiger partial charge in [0.05, 0.1) is 22.9 Å². The van der Waals surface area contributed by atoms with Gasteiger partial charge in [0.25, 0.3) is 5.91 Å². The Kier molecular flexibility index (Phi) is 3.71. The first-order chi connectivity index (χ1) is 14.5. The van der Waals surface area contributed by atoms with Crippen LogP contribution in [0.5, 0.6) is 0 Å². The highest BCUT2D eigenvalue weighted by atomic mass is 35.5. The molecule has 5 atom stereocenters. The first kappa shape index (κ1) is 18.4. The summed E-state index contributed by atoms with van der Waals surface area (Å²) in [6, 6.07) is 12.2. The first-order valence-corrected chi connectivity index (χ1v) is 10.8. The molecule has 0 bridgehead atoms. The Balaban J connectivity index is 1.57. The van der Waals surface area contributed by atoms with Crippen molar-refractivity contribution in [1.82, 2.24) is 0 Å². The van der Waals surface area contributed by atoms with Crippen molar-refractivity contribution in [3.63, 3.8) is 0 Å². The number of benzene rings is 2. The molecule has 1 spiro atoms. The van der Waals surface area contributed by atoms with E-state index < -0.39 is 17.4 Å². The highest BCUT2D eigenvalue weighted by Gasteiger charge is 2.78. The number of anilines is 2. The maximum atomic E-state index is 13.8. The number of fused-ring (bicyclic) bond motifs is 7. The molecule has 1 unspecified atom stereocenters. The standard InChI is InChI=1S/C22H17Cl2N3O3/c23-11-7-8-13(24)16(10-11)27-19(28)17-15-6-3-9-26(15)22(18(17)20(27)29)12-4-1-2-5-14(12)25-21(22)30/h1-2,4-5,7-8,10,15,17-18H,3,6,9H2,(H,25,30)/p+1/t15-,17+,18-,22-/m0/s1. The van der Waals surface area contributed by atoms with Crippen molar-refractivity contribution in [3.05, 3.63) is 58.1 Å². The third-order valence-electron chi connectivity index (χ3n) is 7.27. The van der Waals surface area contributed by atoms with Gasteiger partial charge in [0, 0.05) is 23.4 Å². The number of quaternary nitrogens is 1. The number of imide groups is 1. The number of carbonyl (C=O) groups is 3. The van der Waals surface area contributed by atoms with Crippen LogP contribution in [0.2, 0.25) is 10.0 Å². The van der Waals surface area contributed by atoms with E-state index in [9.17, 15) is 14.4 Å². The minimum atomic E-state index is -1.09. The lowest BCUT2D eigenvalue weighted by Gasteiger charge is -2.33. The van der Waals surface area contributed by atoms with E-state index in [-0.39, 0.29) is 34.5 Å². The summed E-state index contributed by atoms with van der Waals surface area (Å²) in [4.78, 5) is 43.1. The molecule has 2 aromatic rings. The number of nitrogens with one attached hydrogen (secondary N) is 2. The third kappa shape index (κ3) is 2.02. The zero-order valence-corrected chi connectivity index (χ0v) is 17.3.